The second kappa shape index (κ2) is 11.0. The Kier molecular flexibility index (Phi) is 7.86. The van der Waals surface area contributed by atoms with E-state index < -0.39 is 17.5 Å². The molecule has 3 aromatic carbocycles. The van der Waals surface area contributed by atoms with E-state index in [1.807, 2.05) is 74.5 Å². The Balaban J connectivity index is 2.03. The van der Waals surface area contributed by atoms with E-state index >= 15 is 0 Å². The van der Waals surface area contributed by atoms with Crippen LogP contribution in [-0.4, -0.2) is 22.0 Å². The Labute approximate surface area is 192 Å². The van der Waals surface area contributed by atoms with E-state index in [2.05, 4.69) is 0 Å². The van der Waals surface area contributed by atoms with Gasteiger partial charge in [-0.2, -0.15) is 0 Å². The average Bonchev–Trinajstić information content (AvgIpc) is 2.82. The van der Waals surface area contributed by atoms with Gasteiger partial charge in [-0.05, 0) is 29.2 Å². The highest BCUT2D eigenvalue weighted by Crippen LogP contribution is 2.41. The van der Waals surface area contributed by atoms with Gasteiger partial charge in [-0.25, -0.2) is 4.79 Å². The van der Waals surface area contributed by atoms with Crippen LogP contribution in [0.4, 0.5) is 0 Å². The first-order valence-corrected chi connectivity index (χ1v) is 10.6. The second-order valence-corrected chi connectivity index (χ2v) is 7.76. The van der Waals surface area contributed by atoms with Crippen LogP contribution in [0.2, 0.25) is 0 Å². The highest BCUT2D eigenvalue weighted by molar-refractivity contribution is 6.38. The maximum Gasteiger partial charge on any atom is 0.376 e. The maximum absolute atomic E-state index is 11.7. The molecule has 3 rings (SSSR count). The molecule has 0 bridgehead atoms. The van der Waals surface area contributed by atoms with Gasteiger partial charge >= 0.3 is 5.97 Å². The third-order valence-electron chi connectivity index (χ3n) is 4.95. The lowest BCUT2D eigenvalue weighted by Gasteiger charge is -2.22. The molecule has 0 radical (unpaired) electrons. The minimum atomic E-state index is -1.65. The molecule has 0 spiro atoms. The number of benzene rings is 3. The summed E-state index contributed by atoms with van der Waals surface area (Å²) in [5.74, 6) is -2.49. The van der Waals surface area contributed by atoms with Crippen molar-refractivity contribution in [2.75, 3.05) is 0 Å². The lowest BCUT2D eigenvalue weighted by atomic mass is 9.96. The molecule has 0 saturated heterocycles. The molecule has 0 aliphatic heterocycles. The number of hydrogen-bond acceptors (Lipinski definition) is 5. The molecule has 0 aromatic heterocycles. The predicted molar refractivity (Wildman–Crippen MR) is 125 cm³/mol. The van der Waals surface area contributed by atoms with Crippen LogP contribution >= 0.6 is 0 Å². The number of carboxylic acid groups (broad SMARTS) is 1. The largest absolute Gasteiger partial charge is 0.507 e. The van der Waals surface area contributed by atoms with E-state index in [0.717, 1.165) is 11.1 Å². The number of hydrogen-bond donors (Lipinski definition) is 2. The first kappa shape index (κ1) is 23.6. The number of aliphatic hydroxyl groups excluding tert-OH is 1. The van der Waals surface area contributed by atoms with Gasteiger partial charge < -0.3 is 19.7 Å². The summed E-state index contributed by atoms with van der Waals surface area (Å²) in [5, 5.41) is 19.5. The van der Waals surface area contributed by atoms with Gasteiger partial charge in [-0.3, -0.25) is 4.79 Å². The van der Waals surface area contributed by atoms with E-state index in [1.165, 1.54) is 0 Å². The zero-order valence-corrected chi connectivity index (χ0v) is 18.5. The van der Waals surface area contributed by atoms with Crippen LogP contribution in [0.25, 0.3) is 5.76 Å². The summed E-state index contributed by atoms with van der Waals surface area (Å²) in [6.45, 7) is 4.49. The van der Waals surface area contributed by atoms with Gasteiger partial charge in [0, 0.05) is 11.6 Å². The molecule has 0 aliphatic carbocycles. The summed E-state index contributed by atoms with van der Waals surface area (Å²) >= 11 is 0. The third-order valence-corrected chi connectivity index (χ3v) is 4.95. The van der Waals surface area contributed by atoms with Gasteiger partial charge in [0.05, 0.1) is 5.56 Å². The summed E-state index contributed by atoms with van der Waals surface area (Å²) in [4.78, 5) is 22.6. The first-order valence-electron chi connectivity index (χ1n) is 10.6. The molecule has 3 aromatic rings. The Morgan fingerprint density at radius 1 is 0.818 bits per heavy atom. The van der Waals surface area contributed by atoms with Gasteiger partial charge in [0.15, 0.2) is 0 Å². The maximum atomic E-state index is 11.7. The fourth-order valence-electron chi connectivity index (χ4n) is 3.34. The molecule has 0 fully saturated rings. The number of ketones is 1. The van der Waals surface area contributed by atoms with E-state index in [1.54, 1.807) is 12.1 Å². The smallest absolute Gasteiger partial charge is 0.376 e. The molecule has 6 heteroatoms. The van der Waals surface area contributed by atoms with Crippen LogP contribution in [0.5, 0.6) is 11.5 Å². The second-order valence-electron chi connectivity index (χ2n) is 7.76. The minimum Gasteiger partial charge on any atom is -0.507 e. The highest BCUT2D eigenvalue weighted by Gasteiger charge is 2.22. The SMILES string of the molecule is CC(C)c1c(OCc2ccccc2)ccc(C(O)=CC(=O)C(=O)O)c1OCc1ccccc1. The van der Waals surface area contributed by atoms with Crippen LogP contribution in [0.3, 0.4) is 0 Å². The van der Waals surface area contributed by atoms with Crippen LogP contribution < -0.4 is 9.47 Å². The molecule has 33 heavy (non-hydrogen) atoms. The summed E-state index contributed by atoms with van der Waals surface area (Å²) in [5.41, 5.74) is 2.84. The molecule has 0 aliphatic rings. The number of aliphatic carboxylic acids is 1. The standard InChI is InChI=1S/C27H26O6/c1-18(2)25-24(32-16-19-9-5-3-6-10-19)14-13-21(22(28)15-23(29)27(30)31)26(25)33-17-20-11-7-4-8-12-20/h3-15,18,28H,16-17H2,1-2H3,(H,30,31). The monoisotopic (exact) mass is 446 g/mol. The summed E-state index contributed by atoms with van der Waals surface area (Å²) in [6, 6.07) is 22.5. The minimum absolute atomic E-state index is 0.0514. The van der Waals surface area contributed by atoms with E-state index in [9.17, 15) is 14.7 Å². The van der Waals surface area contributed by atoms with Gasteiger partial charge in [0.1, 0.15) is 30.5 Å². The lowest BCUT2D eigenvalue weighted by molar-refractivity contribution is -0.146. The van der Waals surface area contributed by atoms with Crippen molar-refractivity contribution in [1.82, 2.24) is 0 Å². The van der Waals surface area contributed by atoms with E-state index in [0.29, 0.717) is 29.7 Å². The number of carboxylic acids is 1. The Morgan fingerprint density at radius 2 is 1.36 bits per heavy atom. The molecule has 0 unspecified atom stereocenters. The van der Waals surface area contributed by atoms with Crippen molar-refractivity contribution >= 4 is 17.5 Å². The highest BCUT2D eigenvalue weighted by atomic mass is 16.5. The normalized spacial score (nSPS) is 11.3. The van der Waals surface area contributed by atoms with Crippen molar-refractivity contribution in [2.24, 2.45) is 0 Å². The molecule has 0 atom stereocenters. The molecule has 0 saturated carbocycles. The number of carbonyl (C=O) groups excluding carboxylic acids is 1. The Hall–Kier alpha value is -4.06. The number of rotatable bonds is 10. The number of ether oxygens (including phenoxy) is 2. The summed E-state index contributed by atoms with van der Waals surface area (Å²) in [6.07, 6.45) is 0.682. The molecule has 0 amide bonds. The van der Waals surface area contributed by atoms with Gasteiger partial charge in [0.2, 0.25) is 0 Å². The fourth-order valence-corrected chi connectivity index (χ4v) is 3.34. The molecule has 0 heterocycles. The first-order chi connectivity index (χ1) is 15.9. The lowest BCUT2D eigenvalue weighted by Crippen LogP contribution is -2.10. The third kappa shape index (κ3) is 6.23. The van der Waals surface area contributed by atoms with Crippen LogP contribution in [0.15, 0.2) is 78.9 Å². The molecule has 170 valence electrons. The quantitative estimate of drug-likeness (QED) is 0.242. The van der Waals surface area contributed by atoms with Gasteiger partial charge in [-0.15, -0.1) is 0 Å². The van der Waals surface area contributed by atoms with Crippen molar-refractivity contribution in [3.05, 3.63) is 101 Å². The van der Waals surface area contributed by atoms with E-state index in [-0.39, 0.29) is 18.1 Å². The summed E-state index contributed by atoms with van der Waals surface area (Å²) < 4.78 is 12.2. The summed E-state index contributed by atoms with van der Waals surface area (Å²) in [7, 11) is 0. The van der Waals surface area contributed by atoms with Crippen LogP contribution in [-0.2, 0) is 22.8 Å². The predicted octanol–water partition coefficient (Wildman–Crippen LogP) is 5.52. The van der Waals surface area contributed by atoms with Gasteiger partial charge in [0.25, 0.3) is 5.78 Å². The molecule has 2 N–H and O–H groups in total. The molecular formula is C27H26O6. The van der Waals surface area contributed by atoms with Crippen molar-refractivity contribution < 1.29 is 29.3 Å². The van der Waals surface area contributed by atoms with E-state index in [4.69, 9.17) is 14.6 Å². The van der Waals surface area contributed by atoms with Crippen molar-refractivity contribution in [2.45, 2.75) is 33.0 Å². The average molecular weight is 446 g/mol. The van der Waals surface area contributed by atoms with Crippen molar-refractivity contribution in [1.29, 1.82) is 0 Å². The van der Waals surface area contributed by atoms with Crippen LogP contribution in [0, 0.1) is 0 Å². The van der Waals surface area contributed by atoms with Crippen molar-refractivity contribution in [3.8, 4) is 11.5 Å². The van der Waals surface area contributed by atoms with Crippen LogP contribution in [0.1, 0.15) is 42.0 Å². The Bertz CT molecular complexity index is 1130. The number of aliphatic hydroxyl groups is 1. The zero-order valence-electron chi connectivity index (χ0n) is 18.5. The Morgan fingerprint density at radius 3 is 1.88 bits per heavy atom. The number of carbonyl (C=O) groups is 2. The fraction of sp³-hybridized carbons (Fsp3) is 0.185. The van der Waals surface area contributed by atoms with Gasteiger partial charge in [-0.1, -0.05) is 74.5 Å². The molecule has 6 nitrogen and oxygen atoms in total. The zero-order chi connectivity index (χ0) is 23.8. The molecular weight excluding hydrogens is 420 g/mol. The van der Waals surface area contributed by atoms with Crippen molar-refractivity contribution in [3.63, 3.8) is 0 Å². The topological polar surface area (TPSA) is 93.1 Å².